The van der Waals surface area contributed by atoms with E-state index in [9.17, 15) is 4.79 Å². The summed E-state index contributed by atoms with van der Waals surface area (Å²) in [5, 5.41) is 16.8. The van der Waals surface area contributed by atoms with Crippen molar-refractivity contribution in [3.05, 3.63) is 52.2 Å². The highest BCUT2D eigenvalue weighted by molar-refractivity contribution is 7.10. The number of carbonyl (C=O) groups is 1. The number of amides is 1. The van der Waals surface area contributed by atoms with Crippen molar-refractivity contribution in [3.8, 4) is 5.69 Å². The number of aromatic nitrogens is 4. The molecule has 3 heterocycles. The van der Waals surface area contributed by atoms with Gasteiger partial charge in [-0.2, -0.15) is 4.68 Å². The molecule has 0 fully saturated rings. The van der Waals surface area contributed by atoms with E-state index in [1.54, 1.807) is 16.0 Å². The number of nitrogens with one attached hydrogen (secondary N) is 1. The van der Waals surface area contributed by atoms with Crippen LogP contribution in [-0.2, 0) is 17.8 Å². The average Bonchev–Trinajstić information content (AvgIpc) is 3.28. The molecular weight excluding hydrogens is 324 g/mol. The van der Waals surface area contributed by atoms with E-state index in [4.69, 9.17) is 0 Å². The molecule has 4 rings (SSSR count). The molecule has 1 aliphatic rings. The molecule has 7 nitrogen and oxygen atoms in total. The van der Waals surface area contributed by atoms with Gasteiger partial charge in [-0.15, -0.1) is 11.3 Å². The summed E-state index contributed by atoms with van der Waals surface area (Å²) in [5.74, 6) is 0.511. The number of tetrazole rings is 1. The van der Waals surface area contributed by atoms with E-state index in [0.717, 1.165) is 18.7 Å². The summed E-state index contributed by atoms with van der Waals surface area (Å²) in [6, 6.07) is 11.7. The van der Waals surface area contributed by atoms with Crippen molar-refractivity contribution in [2.75, 3.05) is 18.4 Å². The largest absolute Gasteiger partial charge is 0.344 e. The molecule has 24 heavy (non-hydrogen) atoms. The average molecular weight is 340 g/mol. The number of hydrogen-bond acceptors (Lipinski definition) is 6. The second-order valence-electron chi connectivity index (χ2n) is 5.54. The first-order valence-corrected chi connectivity index (χ1v) is 8.60. The molecule has 1 aromatic carbocycles. The number of fused-ring (bicyclic) bond motifs is 1. The summed E-state index contributed by atoms with van der Waals surface area (Å²) in [6.45, 7) is 1.62. The van der Waals surface area contributed by atoms with Crippen LogP contribution in [0.4, 0.5) is 5.95 Å². The zero-order chi connectivity index (χ0) is 16.4. The van der Waals surface area contributed by atoms with E-state index in [2.05, 4.69) is 32.3 Å². The van der Waals surface area contributed by atoms with Crippen LogP contribution in [0, 0.1) is 0 Å². The summed E-state index contributed by atoms with van der Waals surface area (Å²) in [5.41, 5.74) is 2.10. The van der Waals surface area contributed by atoms with Gasteiger partial charge in [0.15, 0.2) is 0 Å². The third-order valence-electron chi connectivity index (χ3n) is 4.03. The summed E-state index contributed by atoms with van der Waals surface area (Å²) < 4.78 is 1.58. The maximum Gasteiger partial charge on any atom is 0.248 e. The Labute approximate surface area is 142 Å². The van der Waals surface area contributed by atoms with Crippen molar-refractivity contribution in [1.82, 2.24) is 25.1 Å². The second-order valence-corrected chi connectivity index (χ2v) is 6.54. The maximum absolute atomic E-state index is 12.5. The van der Waals surface area contributed by atoms with Crippen molar-refractivity contribution < 1.29 is 4.79 Å². The number of carbonyl (C=O) groups excluding carboxylic acids is 1. The molecular formula is C16H16N6OS. The third kappa shape index (κ3) is 2.88. The Balaban J connectivity index is 1.41. The van der Waals surface area contributed by atoms with Crippen LogP contribution in [0.15, 0.2) is 41.8 Å². The smallest absolute Gasteiger partial charge is 0.248 e. The van der Waals surface area contributed by atoms with Crippen LogP contribution >= 0.6 is 11.3 Å². The Kier molecular flexibility index (Phi) is 3.96. The second kappa shape index (κ2) is 6.40. The number of benzene rings is 1. The summed E-state index contributed by atoms with van der Waals surface area (Å²) in [4.78, 5) is 15.7. The molecule has 0 aliphatic carbocycles. The summed E-state index contributed by atoms with van der Waals surface area (Å²) in [6.07, 6.45) is 0.931. The molecule has 0 radical (unpaired) electrons. The molecule has 1 aliphatic heterocycles. The van der Waals surface area contributed by atoms with E-state index < -0.39 is 0 Å². The summed E-state index contributed by atoms with van der Waals surface area (Å²) >= 11 is 1.77. The number of nitrogens with zero attached hydrogens (tertiary/aromatic N) is 5. The van der Waals surface area contributed by atoms with E-state index in [1.165, 1.54) is 10.4 Å². The fourth-order valence-corrected chi connectivity index (χ4v) is 3.66. The van der Waals surface area contributed by atoms with Gasteiger partial charge in [0.1, 0.15) is 0 Å². The quantitative estimate of drug-likeness (QED) is 0.783. The number of para-hydroxylation sites is 1. The van der Waals surface area contributed by atoms with E-state index in [0.29, 0.717) is 12.5 Å². The Bertz CT molecular complexity index is 843. The van der Waals surface area contributed by atoms with Crippen molar-refractivity contribution in [2.45, 2.75) is 13.0 Å². The van der Waals surface area contributed by atoms with Crippen molar-refractivity contribution in [1.29, 1.82) is 0 Å². The highest BCUT2D eigenvalue weighted by Crippen LogP contribution is 2.24. The lowest BCUT2D eigenvalue weighted by Gasteiger charge is -2.27. The topological polar surface area (TPSA) is 75.9 Å². The number of anilines is 1. The Morgan fingerprint density at radius 1 is 1.25 bits per heavy atom. The first-order valence-electron chi connectivity index (χ1n) is 7.72. The van der Waals surface area contributed by atoms with Crippen LogP contribution in [0.3, 0.4) is 0 Å². The van der Waals surface area contributed by atoms with E-state index >= 15 is 0 Å². The van der Waals surface area contributed by atoms with Gasteiger partial charge in [-0.05, 0) is 46.0 Å². The Morgan fingerprint density at radius 2 is 2.12 bits per heavy atom. The number of rotatable bonds is 4. The zero-order valence-electron chi connectivity index (χ0n) is 12.9. The number of hydrogen-bond donors (Lipinski definition) is 1. The first kappa shape index (κ1) is 14.8. The molecule has 0 bridgehead atoms. The lowest BCUT2D eigenvalue weighted by atomic mass is 10.1. The van der Waals surface area contributed by atoms with Gasteiger partial charge in [-0.1, -0.05) is 23.3 Å². The predicted octanol–water partition coefficient (Wildman–Crippen LogP) is 1.72. The van der Waals surface area contributed by atoms with Crippen LogP contribution in [0.1, 0.15) is 10.4 Å². The van der Waals surface area contributed by atoms with Crippen LogP contribution in [0.2, 0.25) is 0 Å². The summed E-state index contributed by atoms with van der Waals surface area (Å²) in [7, 11) is 0. The van der Waals surface area contributed by atoms with E-state index in [-0.39, 0.29) is 12.5 Å². The fourth-order valence-electron chi connectivity index (χ4n) is 2.77. The van der Waals surface area contributed by atoms with Gasteiger partial charge < -0.3 is 10.2 Å². The van der Waals surface area contributed by atoms with Crippen molar-refractivity contribution in [3.63, 3.8) is 0 Å². The predicted molar refractivity (Wildman–Crippen MR) is 91.1 cm³/mol. The lowest BCUT2D eigenvalue weighted by Crippen LogP contribution is -2.39. The molecule has 0 spiro atoms. The van der Waals surface area contributed by atoms with Crippen LogP contribution < -0.4 is 5.32 Å². The Morgan fingerprint density at radius 3 is 3.00 bits per heavy atom. The van der Waals surface area contributed by atoms with Crippen LogP contribution in [-0.4, -0.2) is 44.1 Å². The molecule has 1 amide bonds. The highest BCUT2D eigenvalue weighted by Gasteiger charge is 2.21. The monoisotopic (exact) mass is 340 g/mol. The lowest BCUT2D eigenvalue weighted by molar-refractivity contribution is -0.130. The molecule has 0 saturated heterocycles. The number of thiophene rings is 1. The highest BCUT2D eigenvalue weighted by atomic mass is 32.1. The van der Waals surface area contributed by atoms with Gasteiger partial charge in [0.2, 0.25) is 11.9 Å². The van der Waals surface area contributed by atoms with Gasteiger partial charge in [0, 0.05) is 18.0 Å². The fraction of sp³-hybridized carbons (Fsp3) is 0.250. The van der Waals surface area contributed by atoms with E-state index in [1.807, 2.05) is 35.2 Å². The molecule has 122 valence electrons. The maximum atomic E-state index is 12.5. The normalized spacial score (nSPS) is 13.6. The molecule has 0 atom stereocenters. The molecule has 1 N–H and O–H groups in total. The molecule has 0 saturated carbocycles. The van der Waals surface area contributed by atoms with Gasteiger partial charge in [0.25, 0.3) is 0 Å². The van der Waals surface area contributed by atoms with Crippen molar-refractivity contribution in [2.24, 2.45) is 0 Å². The van der Waals surface area contributed by atoms with Crippen molar-refractivity contribution >= 4 is 23.2 Å². The molecule has 3 aromatic rings. The molecule has 2 aromatic heterocycles. The van der Waals surface area contributed by atoms with Gasteiger partial charge in [-0.3, -0.25) is 4.79 Å². The third-order valence-corrected chi connectivity index (χ3v) is 5.05. The van der Waals surface area contributed by atoms with Gasteiger partial charge >= 0.3 is 0 Å². The SMILES string of the molecule is O=C(CNc1nnnn1-c1ccccc1)N1CCc2sccc2C1. The minimum absolute atomic E-state index is 0.0504. The van der Waals surface area contributed by atoms with Gasteiger partial charge in [-0.25, -0.2) is 0 Å². The minimum Gasteiger partial charge on any atom is -0.344 e. The standard InChI is InChI=1S/C16H16N6OS/c23-15(21-8-6-14-12(11-21)7-9-24-14)10-17-16-18-19-20-22(16)13-4-2-1-3-5-13/h1-5,7,9H,6,8,10-11H2,(H,17,18,20). The minimum atomic E-state index is 0.0504. The molecule has 8 heteroatoms. The zero-order valence-corrected chi connectivity index (χ0v) is 13.7. The first-order chi connectivity index (χ1) is 11.8. The molecule has 0 unspecified atom stereocenters. The van der Waals surface area contributed by atoms with Gasteiger partial charge in [0.05, 0.1) is 12.2 Å². The Hall–Kier alpha value is -2.74. The van der Waals surface area contributed by atoms with Crippen LogP contribution in [0.25, 0.3) is 5.69 Å². The van der Waals surface area contributed by atoms with Crippen LogP contribution in [0.5, 0.6) is 0 Å².